The molecule has 1 rings (SSSR count). The maximum absolute atomic E-state index is 11.7. The minimum Gasteiger partial charge on any atom is -0.398 e. The van der Waals surface area contributed by atoms with Crippen LogP contribution in [0.25, 0.3) is 0 Å². The van der Waals surface area contributed by atoms with E-state index in [2.05, 4.69) is 10.0 Å². The van der Waals surface area contributed by atoms with Crippen LogP contribution in [-0.2, 0) is 14.8 Å². The molecule has 19 heavy (non-hydrogen) atoms. The Labute approximate surface area is 114 Å². The smallest absolute Gasteiger partial charge is 0.242 e. The highest BCUT2D eigenvalue weighted by Gasteiger charge is 2.19. The summed E-state index contributed by atoms with van der Waals surface area (Å²) in [5, 5.41) is 3.24. The van der Waals surface area contributed by atoms with Gasteiger partial charge in [-0.05, 0) is 39.1 Å². The van der Waals surface area contributed by atoms with Crippen LogP contribution in [0.1, 0.15) is 13.8 Å². The predicted octanol–water partition coefficient (Wildman–Crippen LogP) is 1.01. The summed E-state index contributed by atoms with van der Waals surface area (Å²) >= 11 is 0. The fourth-order valence-corrected chi connectivity index (χ4v) is 2.60. The highest BCUT2D eigenvalue weighted by atomic mass is 32.2. The Kier molecular flexibility index (Phi) is 4.78. The monoisotopic (exact) mass is 287 g/mol. The minimum absolute atomic E-state index is 0.0742. The normalized spacial score (nSPS) is 12.4. The van der Waals surface area contributed by atoms with E-state index in [4.69, 9.17) is 10.5 Å². The van der Waals surface area contributed by atoms with Crippen molar-refractivity contribution in [2.75, 3.05) is 31.8 Å². The first-order valence-electron chi connectivity index (χ1n) is 5.82. The third-order valence-electron chi connectivity index (χ3n) is 2.56. The average Bonchev–Trinajstić information content (AvgIpc) is 2.27. The van der Waals surface area contributed by atoms with E-state index in [0.717, 1.165) is 5.69 Å². The summed E-state index contributed by atoms with van der Waals surface area (Å²) in [5.74, 6) is 0. The lowest BCUT2D eigenvalue weighted by molar-refractivity contribution is 0.158. The molecule has 4 N–H and O–H groups in total. The van der Waals surface area contributed by atoms with Crippen molar-refractivity contribution >= 4 is 21.4 Å². The van der Waals surface area contributed by atoms with Gasteiger partial charge in [0.2, 0.25) is 10.0 Å². The fourth-order valence-electron chi connectivity index (χ4n) is 1.77. The van der Waals surface area contributed by atoms with Gasteiger partial charge in [-0.2, -0.15) is 0 Å². The minimum atomic E-state index is -3.53. The number of nitrogens with one attached hydrogen (secondary N) is 2. The van der Waals surface area contributed by atoms with E-state index in [1.807, 2.05) is 13.8 Å². The summed E-state index contributed by atoms with van der Waals surface area (Å²) in [7, 11) is -0.552. The molecule has 0 aliphatic carbocycles. The van der Waals surface area contributed by atoms with Gasteiger partial charge >= 0.3 is 0 Å². The lowest BCUT2D eigenvalue weighted by Gasteiger charge is -2.27. The molecule has 0 aliphatic heterocycles. The first-order chi connectivity index (χ1) is 8.72. The second kappa shape index (κ2) is 5.77. The molecule has 0 atom stereocenters. The van der Waals surface area contributed by atoms with Crippen LogP contribution in [0.4, 0.5) is 11.4 Å². The van der Waals surface area contributed by atoms with Gasteiger partial charge in [-0.3, -0.25) is 0 Å². The van der Waals surface area contributed by atoms with E-state index in [0.29, 0.717) is 6.61 Å². The van der Waals surface area contributed by atoms with Crippen molar-refractivity contribution in [1.82, 2.24) is 4.72 Å². The van der Waals surface area contributed by atoms with Gasteiger partial charge in [0.05, 0.1) is 17.8 Å². The quantitative estimate of drug-likeness (QED) is 0.679. The predicted molar refractivity (Wildman–Crippen MR) is 76.7 cm³/mol. The number of benzene rings is 1. The van der Waals surface area contributed by atoms with E-state index in [1.54, 1.807) is 19.2 Å². The summed E-state index contributed by atoms with van der Waals surface area (Å²) in [5.41, 5.74) is 6.46. The van der Waals surface area contributed by atoms with Gasteiger partial charge in [0, 0.05) is 12.8 Å². The zero-order valence-corrected chi connectivity index (χ0v) is 12.5. The Morgan fingerprint density at radius 2 is 2.00 bits per heavy atom. The van der Waals surface area contributed by atoms with Crippen LogP contribution in [0.15, 0.2) is 23.1 Å². The van der Waals surface area contributed by atoms with E-state index in [9.17, 15) is 8.42 Å². The fraction of sp³-hybridized carbons (Fsp3) is 0.500. The summed E-state index contributed by atoms with van der Waals surface area (Å²) in [6.45, 7) is 4.47. The Bertz CT molecular complexity index is 541. The van der Waals surface area contributed by atoms with Gasteiger partial charge < -0.3 is 15.8 Å². The van der Waals surface area contributed by atoms with Gasteiger partial charge in [0.1, 0.15) is 4.90 Å². The Morgan fingerprint density at radius 1 is 1.37 bits per heavy atom. The second-order valence-corrected chi connectivity index (χ2v) is 6.76. The summed E-state index contributed by atoms with van der Waals surface area (Å²) in [4.78, 5) is 0.0742. The van der Waals surface area contributed by atoms with Crippen molar-refractivity contribution < 1.29 is 13.2 Å². The standard InChI is InChI=1S/C12H21N3O3S/c1-12(2,8-18-4)15-9-5-6-11(10(13)7-9)19(16,17)14-3/h5-7,14-15H,8,13H2,1-4H3. The lowest BCUT2D eigenvalue weighted by Crippen LogP contribution is -2.35. The summed E-state index contributed by atoms with van der Waals surface area (Å²) in [6.07, 6.45) is 0. The molecular weight excluding hydrogens is 266 g/mol. The second-order valence-electron chi connectivity index (χ2n) is 4.90. The van der Waals surface area contributed by atoms with Crippen molar-refractivity contribution in [2.45, 2.75) is 24.3 Å². The Balaban J connectivity index is 3.01. The molecule has 0 heterocycles. The third-order valence-corrected chi connectivity index (χ3v) is 4.04. The van der Waals surface area contributed by atoms with Crippen molar-refractivity contribution in [1.29, 1.82) is 0 Å². The molecule has 0 amide bonds. The largest absolute Gasteiger partial charge is 0.398 e. The van der Waals surface area contributed by atoms with Crippen LogP contribution in [-0.4, -0.2) is 34.7 Å². The molecule has 108 valence electrons. The number of methoxy groups -OCH3 is 1. The van der Waals surface area contributed by atoms with Crippen LogP contribution >= 0.6 is 0 Å². The average molecular weight is 287 g/mol. The molecule has 6 nitrogen and oxygen atoms in total. The molecular formula is C12H21N3O3S. The number of rotatable bonds is 6. The number of anilines is 2. The molecule has 0 fully saturated rings. The van der Waals surface area contributed by atoms with E-state index in [1.165, 1.54) is 13.1 Å². The zero-order chi connectivity index (χ0) is 14.7. The van der Waals surface area contributed by atoms with Gasteiger partial charge in [-0.1, -0.05) is 0 Å². The summed E-state index contributed by atoms with van der Waals surface area (Å²) in [6, 6.07) is 4.76. The van der Waals surface area contributed by atoms with Crippen molar-refractivity contribution in [3.05, 3.63) is 18.2 Å². The number of hydrogen-bond donors (Lipinski definition) is 3. The van der Waals surface area contributed by atoms with Gasteiger partial charge in [-0.25, -0.2) is 13.1 Å². The molecule has 1 aromatic carbocycles. The van der Waals surface area contributed by atoms with Crippen molar-refractivity contribution in [3.63, 3.8) is 0 Å². The molecule has 7 heteroatoms. The Morgan fingerprint density at radius 3 is 2.47 bits per heavy atom. The molecule has 0 aliphatic rings. The number of sulfonamides is 1. The van der Waals surface area contributed by atoms with E-state index < -0.39 is 10.0 Å². The zero-order valence-electron chi connectivity index (χ0n) is 11.6. The number of hydrogen-bond acceptors (Lipinski definition) is 5. The maximum Gasteiger partial charge on any atom is 0.242 e. The molecule has 0 bridgehead atoms. The topological polar surface area (TPSA) is 93.5 Å². The van der Waals surface area contributed by atoms with Crippen LogP contribution in [0.3, 0.4) is 0 Å². The van der Waals surface area contributed by atoms with Crippen molar-refractivity contribution in [3.8, 4) is 0 Å². The van der Waals surface area contributed by atoms with Gasteiger partial charge in [0.15, 0.2) is 0 Å². The van der Waals surface area contributed by atoms with Crippen LogP contribution in [0.5, 0.6) is 0 Å². The number of nitrogens with two attached hydrogens (primary N) is 1. The number of nitrogen functional groups attached to an aromatic ring is 1. The molecule has 0 saturated heterocycles. The summed E-state index contributed by atoms with van der Waals surface area (Å²) < 4.78 is 30.7. The first-order valence-corrected chi connectivity index (χ1v) is 7.30. The van der Waals surface area contributed by atoms with E-state index >= 15 is 0 Å². The van der Waals surface area contributed by atoms with Gasteiger partial charge in [0.25, 0.3) is 0 Å². The van der Waals surface area contributed by atoms with Crippen LogP contribution < -0.4 is 15.8 Å². The first kappa shape index (κ1) is 15.7. The molecule has 0 unspecified atom stereocenters. The van der Waals surface area contributed by atoms with Crippen LogP contribution in [0.2, 0.25) is 0 Å². The van der Waals surface area contributed by atoms with Crippen LogP contribution in [0, 0.1) is 0 Å². The molecule has 0 radical (unpaired) electrons. The van der Waals surface area contributed by atoms with Crippen molar-refractivity contribution in [2.24, 2.45) is 0 Å². The third kappa shape index (κ3) is 4.09. The molecule has 0 spiro atoms. The highest BCUT2D eigenvalue weighted by molar-refractivity contribution is 7.89. The number of ether oxygens (including phenoxy) is 1. The van der Waals surface area contributed by atoms with Gasteiger partial charge in [-0.15, -0.1) is 0 Å². The molecule has 0 saturated carbocycles. The lowest BCUT2D eigenvalue weighted by atomic mass is 10.1. The van der Waals surface area contributed by atoms with E-state index in [-0.39, 0.29) is 16.1 Å². The maximum atomic E-state index is 11.7. The highest BCUT2D eigenvalue weighted by Crippen LogP contribution is 2.24. The SMILES string of the molecule is CNS(=O)(=O)c1ccc(NC(C)(C)COC)cc1N. The molecule has 0 aromatic heterocycles. The Hall–Kier alpha value is -1.31. The molecule has 1 aromatic rings.